The van der Waals surface area contributed by atoms with Crippen molar-refractivity contribution in [3.8, 4) is 5.75 Å². The number of ether oxygens (including phenoxy) is 1. The molecule has 0 aliphatic heterocycles. The number of rotatable bonds is 8. The summed E-state index contributed by atoms with van der Waals surface area (Å²) in [6.07, 6.45) is 0. The Morgan fingerprint density at radius 1 is 0.938 bits per heavy atom. The highest BCUT2D eigenvalue weighted by molar-refractivity contribution is 7.92. The van der Waals surface area contributed by atoms with Crippen LogP contribution >= 0.6 is 0 Å². The van der Waals surface area contributed by atoms with Crippen LogP contribution in [0.2, 0.25) is 0 Å². The second kappa shape index (κ2) is 9.87. The highest BCUT2D eigenvalue weighted by Gasteiger charge is 2.23. The highest BCUT2D eigenvalue weighted by atomic mass is 32.2. The van der Waals surface area contributed by atoms with E-state index in [-0.39, 0.29) is 10.8 Å². The molecule has 0 radical (unpaired) electrons. The molecule has 0 saturated carbocycles. The molecule has 0 spiro atoms. The van der Waals surface area contributed by atoms with E-state index in [0.717, 1.165) is 16.9 Å². The van der Waals surface area contributed by atoms with Gasteiger partial charge in [0.05, 0.1) is 17.2 Å². The molecule has 0 aliphatic rings. The van der Waals surface area contributed by atoms with E-state index in [2.05, 4.69) is 0 Å². The molecule has 0 aliphatic carbocycles. The minimum absolute atomic E-state index is 0.0703. The SMILES string of the molecule is CCOc1ccc(CN(C)C(=O)c2cccc(S(=O)(=O)N(C)c3ccc(C)cc3)c2)cc1. The van der Waals surface area contributed by atoms with Gasteiger partial charge in [0.25, 0.3) is 15.9 Å². The average Bonchev–Trinajstić information content (AvgIpc) is 2.80. The monoisotopic (exact) mass is 452 g/mol. The molecule has 7 heteroatoms. The van der Waals surface area contributed by atoms with E-state index in [1.165, 1.54) is 23.5 Å². The van der Waals surface area contributed by atoms with Crippen LogP contribution in [0, 0.1) is 6.92 Å². The van der Waals surface area contributed by atoms with Crippen LogP contribution in [-0.4, -0.2) is 39.9 Å². The maximum Gasteiger partial charge on any atom is 0.264 e. The molecular weight excluding hydrogens is 424 g/mol. The first kappa shape index (κ1) is 23.3. The van der Waals surface area contributed by atoms with Gasteiger partial charge in [-0.1, -0.05) is 35.9 Å². The molecule has 3 rings (SSSR count). The lowest BCUT2D eigenvalue weighted by atomic mass is 10.1. The van der Waals surface area contributed by atoms with Gasteiger partial charge in [-0.05, 0) is 61.9 Å². The fourth-order valence-electron chi connectivity index (χ4n) is 3.26. The van der Waals surface area contributed by atoms with Crippen molar-refractivity contribution in [2.24, 2.45) is 0 Å². The lowest BCUT2D eigenvalue weighted by molar-refractivity contribution is 0.0785. The van der Waals surface area contributed by atoms with Gasteiger partial charge in [0, 0.05) is 26.2 Å². The van der Waals surface area contributed by atoms with Gasteiger partial charge in [0.15, 0.2) is 0 Å². The summed E-state index contributed by atoms with van der Waals surface area (Å²) >= 11 is 0. The van der Waals surface area contributed by atoms with E-state index < -0.39 is 10.0 Å². The first-order chi connectivity index (χ1) is 15.2. The van der Waals surface area contributed by atoms with Crippen LogP contribution in [0.5, 0.6) is 5.75 Å². The summed E-state index contributed by atoms with van der Waals surface area (Å²) in [5.41, 5.74) is 2.87. The zero-order valence-corrected chi connectivity index (χ0v) is 19.6. The van der Waals surface area contributed by atoms with Crippen molar-refractivity contribution in [3.05, 3.63) is 89.5 Å². The van der Waals surface area contributed by atoms with Gasteiger partial charge in [0.1, 0.15) is 5.75 Å². The smallest absolute Gasteiger partial charge is 0.264 e. The van der Waals surface area contributed by atoms with Gasteiger partial charge in [-0.25, -0.2) is 8.42 Å². The van der Waals surface area contributed by atoms with E-state index in [1.807, 2.05) is 50.2 Å². The summed E-state index contributed by atoms with van der Waals surface area (Å²) < 4.78 is 32.9. The van der Waals surface area contributed by atoms with Gasteiger partial charge in [0.2, 0.25) is 0 Å². The predicted molar refractivity (Wildman–Crippen MR) is 127 cm³/mol. The molecule has 3 aromatic carbocycles. The van der Waals surface area contributed by atoms with Crippen molar-refractivity contribution in [3.63, 3.8) is 0 Å². The molecule has 32 heavy (non-hydrogen) atoms. The fourth-order valence-corrected chi connectivity index (χ4v) is 4.51. The van der Waals surface area contributed by atoms with Gasteiger partial charge in [-0.2, -0.15) is 0 Å². The summed E-state index contributed by atoms with van der Waals surface area (Å²) in [4.78, 5) is 14.6. The van der Waals surface area contributed by atoms with Crippen molar-refractivity contribution in [1.82, 2.24) is 4.90 Å². The quantitative estimate of drug-likeness (QED) is 0.505. The van der Waals surface area contributed by atoms with Crippen molar-refractivity contribution in [1.29, 1.82) is 0 Å². The Balaban J connectivity index is 1.78. The zero-order valence-electron chi connectivity index (χ0n) is 18.8. The highest BCUT2D eigenvalue weighted by Crippen LogP contribution is 2.23. The number of nitrogens with zero attached hydrogens (tertiary/aromatic N) is 2. The number of carbonyl (C=O) groups excluding carboxylic acids is 1. The molecule has 0 bridgehead atoms. The Morgan fingerprint density at radius 2 is 1.59 bits per heavy atom. The van der Waals surface area contributed by atoms with Crippen LogP contribution in [0.3, 0.4) is 0 Å². The van der Waals surface area contributed by atoms with Gasteiger partial charge in [-0.15, -0.1) is 0 Å². The molecule has 168 valence electrons. The van der Waals surface area contributed by atoms with Gasteiger partial charge >= 0.3 is 0 Å². The largest absolute Gasteiger partial charge is 0.494 e. The third-order valence-electron chi connectivity index (χ3n) is 5.14. The Morgan fingerprint density at radius 3 is 2.22 bits per heavy atom. The third kappa shape index (κ3) is 5.29. The summed E-state index contributed by atoms with van der Waals surface area (Å²) in [5.74, 6) is 0.523. The van der Waals surface area contributed by atoms with Crippen LogP contribution in [-0.2, 0) is 16.6 Å². The molecule has 6 nitrogen and oxygen atoms in total. The summed E-state index contributed by atoms with van der Waals surface area (Å²) in [7, 11) is -0.608. The van der Waals surface area contributed by atoms with E-state index in [1.54, 1.807) is 36.2 Å². The molecule has 0 atom stereocenters. The Bertz CT molecular complexity index is 1170. The third-order valence-corrected chi connectivity index (χ3v) is 6.92. The van der Waals surface area contributed by atoms with E-state index in [9.17, 15) is 13.2 Å². The van der Waals surface area contributed by atoms with E-state index >= 15 is 0 Å². The number of anilines is 1. The molecule has 0 heterocycles. The standard InChI is InChI=1S/C25H28N2O4S/c1-5-31-23-15-11-20(12-16-23)18-26(3)25(28)21-7-6-8-24(17-21)32(29,30)27(4)22-13-9-19(2)10-14-22/h6-17H,5,18H2,1-4H3. The topological polar surface area (TPSA) is 66.9 Å². The summed E-state index contributed by atoms with van der Waals surface area (Å²) in [5, 5.41) is 0. The van der Waals surface area contributed by atoms with Crippen LogP contribution in [0.4, 0.5) is 5.69 Å². The number of hydrogen-bond donors (Lipinski definition) is 0. The normalized spacial score (nSPS) is 11.1. The van der Waals surface area contributed by atoms with Crippen LogP contribution in [0.15, 0.2) is 77.7 Å². The summed E-state index contributed by atoms with van der Waals surface area (Å²) in [6, 6.07) is 20.9. The molecule has 0 aromatic heterocycles. The molecule has 0 fully saturated rings. The molecule has 3 aromatic rings. The van der Waals surface area contributed by atoms with Crippen LogP contribution in [0.1, 0.15) is 28.4 Å². The molecule has 0 saturated heterocycles. The second-order valence-corrected chi connectivity index (χ2v) is 9.54. The van der Waals surface area contributed by atoms with E-state index in [0.29, 0.717) is 24.4 Å². The zero-order chi connectivity index (χ0) is 23.3. The van der Waals surface area contributed by atoms with Crippen molar-refractivity contribution in [2.45, 2.75) is 25.3 Å². The predicted octanol–water partition coefficient (Wildman–Crippen LogP) is 4.49. The minimum atomic E-state index is -3.81. The number of benzene rings is 3. The Kier molecular flexibility index (Phi) is 7.20. The lowest BCUT2D eigenvalue weighted by Gasteiger charge is -2.21. The maximum atomic E-state index is 13.1. The van der Waals surface area contributed by atoms with E-state index in [4.69, 9.17) is 4.74 Å². The molecule has 0 N–H and O–H groups in total. The molecule has 1 amide bonds. The van der Waals surface area contributed by atoms with Crippen molar-refractivity contribution < 1.29 is 17.9 Å². The number of carbonyl (C=O) groups is 1. The Labute approximate surface area is 190 Å². The van der Waals surface area contributed by atoms with Gasteiger partial charge < -0.3 is 9.64 Å². The Hall–Kier alpha value is -3.32. The average molecular weight is 453 g/mol. The lowest BCUT2D eigenvalue weighted by Crippen LogP contribution is -2.28. The van der Waals surface area contributed by atoms with Crippen molar-refractivity contribution in [2.75, 3.05) is 25.0 Å². The molecular formula is C25H28N2O4S. The first-order valence-corrected chi connectivity index (χ1v) is 11.8. The maximum absolute atomic E-state index is 13.1. The number of aryl methyl sites for hydroxylation is 1. The second-order valence-electron chi connectivity index (χ2n) is 7.57. The van der Waals surface area contributed by atoms with Crippen LogP contribution < -0.4 is 9.04 Å². The first-order valence-electron chi connectivity index (χ1n) is 10.3. The van der Waals surface area contributed by atoms with Gasteiger partial charge in [-0.3, -0.25) is 9.10 Å². The summed E-state index contributed by atoms with van der Waals surface area (Å²) in [6.45, 7) is 4.85. The van der Waals surface area contributed by atoms with Crippen LogP contribution in [0.25, 0.3) is 0 Å². The number of amides is 1. The number of sulfonamides is 1. The number of hydrogen-bond acceptors (Lipinski definition) is 4. The fraction of sp³-hybridized carbons (Fsp3) is 0.240. The van der Waals surface area contributed by atoms with Crippen molar-refractivity contribution >= 4 is 21.6 Å². The molecule has 0 unspecified atom stereocenters. The minimum Gasteiger partial charge on any atom is -0.494 e.